The maximum Gasteiger partial charge on any atom is 0.253 e. The number of thiazole rings is 1. The summed E-state index contributed by atoms with van der Waals surface area (Å²) in [7, 11) is 0. The van der Waals surface area contributed by atoms with Crippen LogP contribution in [0.15, 0.2) is 77.5 Å². The van der Waals surface area contributed by atoms with Gasteiger partial charge in [0.1, 0.15) is 5.49 Å². The molecule has 3 aromatic heterocycles. The molecule has 0 fully saturated rings. The van der Waals surface area contributed by atoms with Gasteiger partial charge in [-0.2, -0.15) is 4.99 Å². The lowest BCUT2D eigenvalue weighted by atomic mass is 10.2. The summed E-state index contributed by atoms with van der Waals surface area (Å²) in [5, 5.41) is 1.97. The van der Waals surface area contributed by atoms with Crippen molar-refractivity contribution in [2.45, 2.75) is 13.0 Å². The monoisotopic (exact) mass is 348 g/mol. The lowest BCUT2D eigenvalue weighted by Crippen LogP contribution is -2.22. The van der Waals surface area contributed by atoms with E-state index in [0.29, 0.717) is 12.0 Å². The van der Waals surface area contributed by atoms with Gasteiger partial charge in [0.2, 0.25) is 0 Å². The van der Waals surface area contributed by atoms with Gasteiger partial charge in [0.15, 0.2) is 4.96 Å². The summed E-state index contributed by atoms with van der Waals surface area (Å²) in [5.74, 6) is -0.196. The molecule has 6 heteroatoms. The van der Waals surface area contributed by atoms with Crippen molar-refractivity contribution in [3.8, 4) is 0 Å². The van der Waals surface area contributed by atoms with Gasteiger partial charge < -0.3 is 4.57 Å². The summed E-state index contributed by atoms with van der Waals surface area (Å²) in [6.45, 7) is 0.675. The Kier molecular flexibility index (Phi) is 4.26. The molecule has 25 heavy (non-hydrogen) atoms. The molecule has 5 nitrogen and oxygen atoms in total. The van der Waals surface area contributed by atoms with Crippen LogP contribution >= 0.6 is 11.3 Å². The van der Waals surface area contributed by atoms with E-state index in [9.17, 15) is 4.79 Å². The third-order valence-electron chi connectivity index (χ3n) is 3.83. The van der Waals surface area contributed by atoms with Gasteiger partial charge in [-0.25, -0.2) is 4.98 Å². The number of carbonyl (C=O) groups is 1. The van der Waals surface area contributed by atoms with E-state index in [-0.39, 0.29) is 12.3 Å². The van der Waals surface area contributed by atoms with Crippen LogP contribution in [0.2, 0.25) is 0 Å². The van der Waals surface area contributed by atoms with E-state index in [1.54, 1.807) is 11.3 Å². The van der Waals surface area contributed by atoms with Crippen molar-refractivity contribution in [3.63, 3.8) is 0 Å². The highest BCUT2D eigenvalue weighted by Gasteiger charge is 2.08. The minimum atomic E-state index is -0.196. The minimum absolute atomic E-state index is 0.196. The molecule has 1 aromatic carbocycles. The topological polar surface area (TPSA) is 51.7 Å². The first kappa shape index (κ1) is 15.5. The molecule has 0 saturated heterocycles. The number of amides is 1. The number of hydrogen-bond donors (Lipinski definition) is 0. The van der Waals surface area contributed by atoms with Crippen LogP contribution in [0.5, 0.6) is 0 Å². The summed E-state index contributed by atoms with van der Waals surface area (Å²) in [6.07, 6.45) is 5.95. The van der Waals surface area contributed by atoms with Gasteiger partial charge in [0.05, 0.1) is 12.1 Å². The molecule has 0 bridgehead atoms. The third-order valence-corrected chi connectivity index (χ3v) is 4.60. The number of hydrogen-bond acceptors (Lipinski definition) is 3. The minimum Gasteiger partial charge on any atom is -0.328 e. The zero-order valence-corrected chi connectivity index (χ0v) is 14.3. The number of pyridine rings is 1. The van der Waals surface area contributed by atoms with Gasteiger partial charge in [-0.3, -0.25) is 9.20 Å². The Morgan fingerprint density at radius 2 is 1.92 bits per heavy atom. The lowest BCUT2D eigenvalue weighted by Gasteiger charge is -2.07. The molecule has 124 valence electrons. The molecule has 4 rings (SSSR count). The molecule has 0 unspecified atom stereocenters. The first-order valence-electron chi connectivity index (χ1n) is 7.96. The molecule has 0 aliphatic rings. The molecule has 0 aliphatic carbocycles. The molecular formula is C19H16N4OS. The third kappa shape index (κ3) is 3.59. The number of benzene rings is 1. The van der Waals surface area contributed by atoms with Gasteiger partial charge in [0.25, 0.3) is 5.91 Å². The molecule has 4 aromatic rings. The summed E-state index contributed by atoms with van der Waals surface area (Å²) < 4.78 is 3.89. The number of carbonyl (C=O) groups excluding carboxylic acids is 1. The van der Waals surface area contributed by atoms with Crippen molar-refractivity contribution < 1.29 is 4.79 Å². The average molecular weight is 348 g/mol. The Bertz CT molecular complexity index is 1050. The molecule has 1 amide bonds. The lowest BCUT2D eigenvalue weighted by molar-refractivity contribution is -0.117. The Balaban J connectivity index is 1.57. The molecule has 0 N–H and O–H groups in total. The smallest absolute Gasteiger partial charge is 0.253 e. The predicted molar refractivity (Wildman–Crippen MR) is 97.3 cm³/mol. The maximum absolute atomic E-state index is 12.4. The van der Waals surface area contributed by atoms with Crippen molar-refractivity contribution in [1.82, 2.24) is 14.0 Å². The first-order chi connectivity index (χ1) is 12.3. The highest BCUT2D eigenvalue weighted by Crippen LogP contribution is 2.11. The van der Waals surface area contributed by atoms with Crippen LogP contribution in [0.1, 0.15) is 11.3 Å². The highest BCUT2D eigenvalue weighted by atomic mass is 32.1. The van der Waals surface area contributed by atoms with Crippen molar-refractivity contribution in [2.24, 2.45) is 4.99 Å². The zero-order chi connectivity index (χ0) is 17.1. The van der Waals surface area contributed by atoms with E-state index in [2.05, 4.69) is 22.1 Å². The van der Waals surface area contributed by atoms with Crippen molar-refractivity contribution in [1.29, 1.82) is 0 Å². The average Bonchev–Trinajstić information content (AvgIpc) is 3.19. The summed E-state index contributed by atoms with van der Waals surface area (Å²) in [5.41, 5.74) is 2.56. The van der Waals surface area contributed by atoms with E-state index < -0.39 is 0 Å². The van der Waals surface area contributed by atoms with E-state index in [1.165, 1.54) is 0 Å². The molecule has 0 saturated carbocycles. The first-order valence-corrected chi connectivity index (χ1v) is 8.84. The largest absolute Gasteiger partial charge is 0.328 e. The predicted octanol–water partition coefficient (Wildman–Crippen LogP) is 2.92. The molecule has 0 atom stereocenters. The van der Waals surface area contributed by atoms with Gasteiger partial charge in [0, 0.05) is 30.5 Å². The Morgan fingerprint density at radius 1 is 1.08 bits per heavy atom. The van der Waals surface area contributed by atoms with Crippen LogP contribution in [0, 0.1) is 0 Å². The molecule has 0 spiro atoms. The van der Waals surface area contributed by atoms with Gasteiger partial charge in [-0.1, -0.05) is 36.4 Å². The number of nitrogens with zero attached hydrogens (tertiary/aromatic N) is 4. The second kappa shape index (κ2) is 6.86. The normalized spacial score (nSPS) is 11.9. The number of fused-ring (bicyclic) bond motifs is 1. The quantitative estimate of drug-likeness (QED) is 0.569. The highest BCUT2D eigenvalue weighted by molar-refractivity contribution is 7.15. The zero-order valence-electron chi connectivity index (χ0n) is 13.4. The number of aromatic nitrogens is 3. The molecule has 0 radical (unpaired) electrons. The Hall–Kier alpha value is -2.99. The number of imidazole rings is 1. The Morgan fingerprint density at radius 3 is 2.76 bits per heavy atom. The maximum atomic E-state index is 12.4. The van der Waals surface area contributed by atoms with Crippen molar-refractivity contribution >= 4 is 22.2 Å². The van der Waals surface area contributed by atoms with Gasteiger partial charge in [-0.15, -0.1) is 11.3 Å². The van der Waals surface area contributed by atoms with Crippen molar-refractivity contribution in [2.75, 3.05) is 0 Å². The van der Waals surface area contributed by atoms with E-state index in [1.807, 2.05) is 69.3 Å². The van der Waals surface area contributed by atoms with Crippen LogP contribution in [0.4, 0.5) is 0 Å². The second-order valence-corrected chi connectivity index (χ2v) is 6.55. The fourth-order valence-electron chi connectivity index (χ4n) is 2.67. The molecular weight excluding hydrogens is 332 g/mol. The van der Waals surface area contributed by atoms with Crippen LogP contribution in [0.25, 0.3) is 4.96 Å². The molecule has 3 heterocycles. The van der Waals surface area contributed by atoms with E-state index in [0.717, 1.165) is 16.2 Å². The van der Waals surface area contributed by atoms with Crippen molar-refractivity contribution in [3.05, 3.63) is 89.2 Å². The standard InChI is InChI=1S/C19H16N4OS/c24-18(12-16-14-23-10-11-25-19(23)20-16)21-17-8-4-5-9-22(17)13-15-6-2-1-3-7-15/h1-11,14H,12-13H2. The Labute approximate surface area is 148 Å². The summed E-state index contributed by atoms with van der Waals surface area (Å²) >= 11 is 1.55. The fraction of sp³-hybridized carbons (Fsp3) is 0.105. The van der Waals surface area contributed by atoms with Gasteiger partial charge in [-0.05, 0) is 17.7 Å². The second-order valence-electron chi connectivity index (χ2n) is 5.68. The summed E-state index contributed by atoms with van der Waals surface area (Å²) in [4.78, 5) is 22.0. The van der Waals surface area contributed by atoms with Crippen LogP contribution < -0.4 is 5.49 Å². The van der Waals surface area contributed by atoms with Crippen LogP contribution in [-0.2, 0) is 17.8 Å². The van der Waals surface area contributed by atoms with Crippen LogP contribution in [-0.4, -0.2) is 19.9 Å². The van der Waals surface area contributed by atoms with E-state index >= 15 is 0 Å². The SMILES string of the molecule is O=C(Cc1cn2ccsc2n1)N=c1ccccn1Cc1ccccc1. The van der Waals surface area contributed by atoms with E-state index in [4.69, 9.17) is 0 Å². The molecule has 0 aliphatic heterocycles. The summed E-state index contributed by atoms with van der Waals surface area (Å²) in [6, 6.07) is 15.8. The number of rotatable bonds is 4. The fourth-order valence-corrected chi connectivity index (χ4v) is 3.39. The van der Waals surface area contributed by atoms with Crippen LogP contribution in [0.3, 0.4) is 0 Å². The van der Waals surface area contributed by atoms with Gasteiger partial charge >= 0.3 is 0 Å².